The van der Waals surface area contributed by atoms with Crippen LogP contribution in [0.2, 0.25) is 0 Å². The second-order valence-corrected chi connectivity index (χ2v) is 7.99. The number of halogens is 1. The van der Waals surface area contributed by atoms with Crippen molar-refractivity contribution in [3.8, 4) is 0 Å². The number of nitrogens with two attached hydrogens (primary N) is 2. The van der Waals surface area contributed by atoms with E-state index in [0.717, 1.165) is 42.4 Å². The van der Waals surface area contributed by atoms with E-state index in [-0.39, 0.29) is 11.5 Å². The van der Waals surface area contributed by atoms with Crippen LogP contribution in [0.15, 0.2) is 21.0 Å². The Morgan fingerprint density at radius 3 is 2.55 bits per heavy atom. The third kappa shape index (κ3) is 3.03. The van der Waals surface area contributed by atoms with E-state index in [0.29, 0.717) is 6.04 Å². The molecule has 0 aromatic rings. The molecule has 20 heavy (non-hydrogen) atoms. The van der Waals surface area contributed by atoms with Gasteiger partial charge in [-0.15, -0.1) is 0 Å². The van der Waals surface area contributed by atoms with E-state index >= 15 is 0 Å². The predicted molar refractivity (Wildman–Crippen MR) is 89.4 cm³/mol. The van der Waals surface area contributed by atoms with Crippen molar-refractivity contribution in [2.24, 2.45) is 16.9 Å². The minimum atomic E-state index is -0.0133. The van der Waals surface area contributed by atoms with Crippen molar-refractivity contribution in [2.45, 2.75) is 52.1 Å². The van der Waals surface area contributed by atoms with Crippen molar-refractivity contribution in [1.82, 2.24) is 4.90 Å². The predicted octanol–water partition coefficient (Wildman–Crippen LogP) is 3.21. The largest absolute Gasteiger partial charge is 0.400 e. The van der Waals surface area contributed by atoms with Crippen LogP contribution in [-0.4, -0.2) is 30.1 Å². The zero-order chi connectivity index (χ0) is 14.9. The first-order valence-electron chi connectivity index (χ1n) is 7.37. The highest BCUT2D eigenvalue weighted by molar-refractivity contribution is 8.08. The molecule has 1 aliphatic carbocycles. The van der Waals surface area contributed by atoms with Gasteiger partial charge in [-0.25, -0.2) is 0 Å². The number of thioether (sulfide) groups is 1. The van der Waals surface area contributed by atoms with Crippen LogP contribution in [0.1, 0.15) is 40.0 Å². The Bertz CT molecular complexity index is 423. The topological polar surface area (TPSA) is 55.3 Å². The molecule has 0 bridgehead atoms. The molecule has 0 saturated carbocycles. The number of hydrogen-bond donors (Lipinski definition) is 2. The Morgan fingerprint density at radius 2 is 2.05 bits per heavy atom. The summed E-state index contributed by atoms with van der Waals surface area (Å²) in [5.41, 5.74) is 13.7. The molecule has 114 valence electrons. The molecule has 1 saturated heterocycles. The summed E-state index contributed by atoms with van der Waals surface area (Å²) >= 11 is 7.72. The fraction of sp³-hybridized carbons (Fsp3) is 0.733. The van der Waals surface area contributed by atoms with Crippen LogP contribution in [0, 0.1) is 5.41 Å². The van der Waals surface area contributed by atoms with Gasteiger partial charge in [0, 0.05) is 16.6 Å². The molecule has 4 N–H and O–H groups in total. The summed E-state index contributed by atoms with van der Waals surface area (Å²) in [5, 5.41) is 0. The maximum Gasteiger partial charge on any atom is 0.0737 e. The van der Waals surface area contributed by atoms with Crippen molar-refractivity contribution in [1.29, 1.82) is 0 Å². The summed E-state index contributed by atoms with van der Waals surface area (Å²) in [7, 11) is 0. The van der Waals surface area contributed by atoms with Crippen LogP contribution in [0.4, 0.5) is 0 Å². The lowest BCUT2D eigenvalue weighted by Crippen LogP contribution is -2.50. The molecule has 0 amide bonds. The highest BCUT2D eigenvalue weighted by atomic mass is 35.5. The van der Waals surface area contributed by atoms with Gasteiger partial charge in [0.25, 0.3) is 0 Å². The SMILES string of the molecule is C/C=C(/Cl)SC1=C(N)[C@H](N)C2(CCN(C(C)C)CC2)C1. The van der Waals surface area contributed by atoms with Crippen LogP contribution in [0.25, 0.3) is 0 Å². The molecular formula is C15H26ClN3S. The Hall–Kier alpha value is -0.160. The molecule has 0 radical (unpaired) electrons. The number of nitrogens with zero attached hydrogens (tertiary/aromatic N) is 1. The van der Waals surface area contributed by atoms with Gasteiger partial charge in [0.2, 0.25) is 0 Å². The second kappa shape index (κ2) is 6.30. The van der Waals surface area contributed by atoms with Crippen LogP contribution >= 0.6 is 23.4 Å². The van der Waals surface area contributed by atoms with Crippen LogP contribution in [0.5, 0.6) is 0 Å². The van der Waals surface area contributed by atoms with Crippen LogP contribution in [-0.2, 0) is 0 Å². The molecule has 2 rings (SSSR count). The van der Waals surface area contributed by atoms with Gasteiger partial charge in [-0.3, -0.25) is 0 Å². The third-order valence-electron chi connectivity index (χ3n) is 4.80. The summed E-state index contributed by atoms with van der Waals surface area (Å²) < 4.78 is 0.784. The molecule has 1 aliphatic heterocycles. The van der Waals surface area contributed by atoms with Crippen molar-refractivity contribution >= 4 is 23.4 Å². The number of piperidine rings is 1. The fourth-order valence-electron chi connectivity index (χ4n) is 3.28. The van der Waals surface area contributed by atoms with E-state index in [2.05, 4.69) is 18.7 Å². The smallest absolute Gasteiger partial charge is 0.0737 e. The maximum atomic E-state index is 6.44. The van der Waals surface area contributed by atoms with Crippen molar-refractivity contribution < 1.29 is 0 Å². The summed E-state index contributed by atoms with van der Waals surface area (Å²) in [6.07, 6.45) is 5.15. The van der Waals surface area contributed by atoms with Gasteiger partial charge in [0.1, 0.15) is 0 Å². The first-order valence-corrected chi connectivity index (χ1v) is 8.57. The number of rotatable bonds is 3. The molecular weight excluding hydrogens is 290 g/mol. The quantitative estimate of drug-likeness (QED) is 0.839. The highest BCUT2D eigenvalue weighted by Crippen LogP contribution is 2.51. The van der Waals surface area contributed by atoms with Crippen molar-refractivity contribution in [3.63, 3.8) is 0 Å². The van der Waals surface area contributed by atoms with Gasteiger partial charge >= 0.3 is 0 Å². The zero-order valence-corrected chi connectivity index (χ0v) is 14.2. The van der Waals surface area contributed by atoms with Gasteiger partial charge in [0.05, 0.1) is 10.4 Å². The van der Waals surface area contributed by atoms with Crippen LogP contribution in [0.3, 0.4) is 0 Å². The normalized spacial score (nSPS) is 27.9. The summed E-state index contributed by atoms with van der Waals surface area (Å²) in [4.78, 5) is 3.71. The van der Waals surface area contributed by atoms with E-state index < -0.39 is 0 Å². The zero-order valence-electron chi connectivity index (χ0n) is 12.7. The number of hydrogen-bond acceptors (Lipinski definition) is 4. The number of allylic oxidation sites excluding steroid dienone is 2. The summed E-state index contributed by atoms with van der Waals surface area (Å²) in [6.45, 7) is 8.69. The van der Waals surface area contributed by atoms with Gasteiger partial charge in [0.15, 0.2) is 0 Å². The molecule has 3 nitrogen and oxygen atoms in total. The standard InChI is InChI=1S/C15H26ClN3S/c1-4-12(16)20-11-9-15(14(18)13(11)17)5-7-19(8-6-15)10(2)3/h4,10,14H,5-9,17-18H2,1-3H3/b12-4-/t14-/m0/s1. The van der Waals surface area contributed by atoms with E-state index in [9.17, 15) is 0 Å². The molecule has 1 heterocycles. The first kappa shape index (κ1) is 16.2. The molecule has 0 unspecified atom stereocenters. The summed E-state index contributed by atoms with van der Waals surface area (Å²) in [6, 6.07) is 0.599. The molecule has 1 fully saturated rings. The minimum Gasteiger partial charge on any atom is -0.400 e. The second-order valence-electron chi connectivity index (χ2n) is 6.22. The highest BCUT2D eigenvalue weighted by Gasteiger charge is 2.47. The summed E-state index contributed by atoms with van der Waals surface area (Å²) in [5.74, 6) is 0. The van der Waals surface area contributed by atoms with Gasteiger partial charge in [-0.1, -0.05) is 29.4 Å². The third-order valence-corrected chi connectivity index (χ3v) is 6.31. The fourth-order valence-corrected chi connectivity index (χ4v) is 4.52. The molecule has 0 aromatic carbocycles. The van der Waals surface area contributed by atoms with Crippen LogP contribution < -0.4 is 11.5 Å². The van der Waals surface area contributed by atoms with Crippen molar-refractivity contribution in [3.05, 3.63) is 21.0 Å². The number of likely N-dealkylation sites (tertiary alicyclic amines) is 1. The monoisotopic (exact) mass is 315 g/mol. The van der Waals surface area contributed by atoms with Gasteiger partial charge in [-0.05, 0) is 58.5 Å². The first-order chi connectivity index (χ1) is 9.39. The van der Waals surface area contributed by atoms with E-state index in [4.69, 9.17) is 23.1 Å². The Balaban J connectivity index is 2.07. The Morgan fingerprint density at radius 1 is 1.45 bits per heavy atom. The lowest BCUT2D eigenvalue weighted by atomic mass is 9.73. The Labute approximate surface area is 131 Å². The average molecular weight is 316 g/mol. The molecule has 0 aromatic heterocycles. The molecule has 5 heteroatoms. The maximum absolute atomic E-state index is 6.44. The van der Waals surface area contributed by atoms with E-state index in [1.807, 2.05) is 13.0 Å². The molecule has 1 atom stereocenters. The van der Waals surface area contributed by atoms with E-state index in [1.165, 1.54) is 4.91 Å². The van der Waals surface area contributed by atoms with Crippen molar-refractivity contribution in [2.75, 3.05) is 13.1 Å². The lowest BCUT2D eigenvalue weighted by molar-refractivity contribution is 0.0788. The lowest BCUT2D eigenvalue weighted by Gasteiger charge is -2.43. The molecule has 1 spiro atoms. The molecule has 2 aliphatic rings. The Kier molecular flexibility index (Phi) is 5.11. The van der Waals surface area contributed by atoms with Gasteiger partial charge in [-0.2, -0.15) is 0 Å². The average Bonchev–Trinajstić information content (AvgIpc) is 2.65. The van der Waals surface area contributed by atoms with Gasteiger partial charge < -0.3 is 16.4 Å². The van der Waals surface area contributed by atoms with E-state index in [1.54, 1.807) is 11.8 Å². The minimum absolute atomic E-state index is 0.0133.